The van der Waals surface area contributed by atoms with Gasteiger partial charge in [0, 0.05) is 42.8 Å². The van der Waals surface area contributed by atoms with Crippen LogP contribution in [0.5, 0.6) is 5.75 Å². The highest BCUT2D eigenvalue weighted by Gasteiger charge is 2.66. The van der Waals surface area contributed by atoms with Crippen molar-refractivity contribution in [3.8, 4) is 5.75 Å². The number of hydrazone groups is 1. The van der Waals surface area contributed by atoms with E-state index in [1.807, 2.05) is 132 Å². The van der Waals surface area contributed by atoms with Crippen LogP contribution in [0.2, 0.25) is 18.6 Å². The molecule has 5 atom stereocenters. The lowest BCUT2D eigenvalue weighted by Crippen LogP contribution is -2.51. The van der Waals surface area contributed by atoms with Crippen LogP contribution in [0.25, 0.3) is 0 Å². The monoisotopic (exact) mass is 830 g/mol. The van der Waals surface area contributed by atoms with Gasteiger partial charge in [-0.15, -0.1) is 5.10 Å². The highest BCUT2D eigenvalue weighted by Crippen LogP contribution is 2.61. The number of fused-ring (bicyclic) bond motifs is 2. The van der Waals surface area contributed by atoms with Crippen LogP contribution >= 0.6 is 0 Å². The molecule has 0 radical (unpaired) electrons. The molecule has 3 aliphatic heterocycles. The minimum atomic E-state index is -2.47. The number of amides is 2. The molecule has 1 aromatic heterocycles. The van der Waals surface area contributed by atoms with Crippen molar-refractivity contribution in [2.75, 3.05) is 23.6 Å². The molecule has 6 aromatic rings. The summed E-state index contributed by atoms with van der Waals surface area (Å²) in [7, 11) is -0.804. The Hall–Kier alpha value is -6.21. The number of aryl methyl sites for hydroxylation is 1. The Morgan fingerprint density at radius 1 is 0.869 bits per heavy atom. The van der Waals surface area contributed by atoms with Gasteiger partial charge in [0.25, 0.3) is 5.91 Å². The zero-order chi connectivity index (χ0) is 42.3. The molecule has 11 nitrogen and oxygen atoms in total. The Morgan fingerprint density at radius 3 is 2.25 bits per heavy atom. The molecule has 0 bridgehead atoms. The van der Waals surface area contributed by atoms with Gasteiger partial charge in [-0.1, -0.05) is 121 Å². The molecule has 3 aliphatic rings. The average molecular weight is 831 g/mol. The van der Waals surface area contributed by atoms with Crippen LogP contribution in [-0.4, -0.2) is 65.5 Å². The van der Waals surface area contributed by atoms with E-state index in [0.29, 0.717) is 37.2 Å². The summed E-state index contributed by atoms with van der Waals surface area (Å²) in [6.07, 6.45) is 2.97. The van der Waals surface area contributed by atoms with Crippen LogP contribution < -0.4 is 19.8 Å². The van der Waals surface area contributed by atoms with Crippen LogP contribution in [0.15, 0.2) is 145 Å². The summed E-state index contributed by atoms with van der Waals surface area (Å²) in [5.74, 6) is -0.0568. The highest BCUT2D eigenvalue weighted by molar-refractivity contribution is 6.91. The Balaban J connectivity index is 1.14. The third kappa shape index (κ3) is 7.08. The molecule has 310 valence electrons. The lowest BCUT2D eigenvalue weighted by molar-refractivity contribution is -0.145. The molecular weight excluding hydrogens is 781 g/mol. The minimum Gasteiger partial charge on any atom is -0.497 e. The van der Waals surface area contributed by atoms with E-state index in [-0.39, 0.29) is 41.9 Å². The van der Waals surface area contributed by atoms with Crippen molar-refractivity contribution in [2.45, 2.75) is 69.0 Å². The van der Waals surface area contributed by atoms with E-state index in [1.165, 1.54) is 10.2 Å². The molecule has 12 heteroatoms. The summed E-state index contributed by atoms with van der Waals surface area (Å²) in [6.45, 7) is 7.29. The highest BCUT2D eigenvalue weighted by atomic mass is 28.3. The number of para-hydroxylation sites is 1. The largest absolute Gasteiger partial charge is 0.497 e. The number of aromatic nitrogens is 3. The first-order chi connectivity index (χ1) is 29.6. The number of nitrogens with zero attached hydrogens (tertiary/aromatic N) is 6. The molecule has 1 N–H and O–H groups in total. The minimum absolute atomic E-state index is 0.0334. The van der Waals surface area contributed by atoms with Gasteiger partial charge >= 0.3 is 0 Å². The number of aliphatic hydroxyl groups excluding tert-OH is 1. The van der Waals surface area contributed by atoms with Gasteiger partial charge in [-0.2, -0.15) is 5.10 Å². The number of ether oxygens (including phenoxy) is 2. The van der Waals surface area contributed by atoms with E-state index in [1.54, 1.807) is 12.0 Å². The standard InChI is InChI=1S/C49H50N6O5Si/c1-33-47(61(3,4)39-23-21-38(59-2)22-24-39)45(28-29-53-31-43(50-52-53)40(32-56)34-14-8-5-9-15-34)60-49(33)41-30-37(20-26-44(41)54(48(49)58)36-18-12-7-13-19-36)55-46(57)27-25-42(51-55)35-16-10-6-11-17-35/h5-24,26,30-31,33,40,45,47,56H,25,27-29,32H2,1-4H3/t33-,40?,45+,47-,49+/m1/s1. The molecular formula is C49H50N6O5Si. The fraction of sp³-hybridized carbons (Fsp3) is 0.286. The SMILES string of the molecule is COc1ccc([Si](C)(C)[C@H]2[C@H](CCn3cc(C(CO)c4ccccc4)nn3)O[C@@]3(C(=O)N(c4ccccc4)c4ccc(N5N=C(c6ccccc6)CCC5=O)cc43)[C@@H]2C)cc1. The number of carbonyl (C=O) groups excluding carboxylic acids is 2. The number of hydrogen-bond donors (Lipinski definition) is 1. The zero-order valence-electron chi connectivity index (χ0n) is 34.9. The maximum Gasteiger partial charge on any atom is 0.268 e. The van der Waals surface area contributed by atoms with Crippen molar-refractivity contribution >= 4 is 47.8 Å². The van der Waals surface area contributed by atoms with Crippen molar-refractivity contribution in [3.05, 3.63) is 162 Å². The molecule has 1 spiro atoms. The van der Waals surface area contributed by atoms with Crippen molar-refractivity contribution < 1.29 is 24.2 Å². The third-order valence-corrected chi connectivity index (χ3v) is 17.4. The van der Waals surface area contributed by atoms with Crippen LogP contribution in [0.3, 0.4) is 0 Å². The van der Waals surface area contributed by atoms with Gasteiger partial charge in [0.2, 0.25) is 5.91 Å². The predicted octanol–water partition coefficient (Wildman–Crippen LogP) is 7.93. The van der Waals surface area contributed by atoms with Gasteiger partial charge in [-0.25, -0.2) is 5.01 Å². The van der Waals surface area contributed by atoms with Crippen molar-refractivity contribution in [1.82, 2.24) is 15.0 Å². The number of methoxy groups -OCH3 is 1. The third-order valence-electron chi connectivity index (χ3n) is 13.1. The molecule has 9 rings (SSSR count). The van der Waals surface area contributed by atoms with Crippen LogP contribution in [-0.2, 0) is 26.5 Å². The maximum absolute atomic E-state index is 15.6. The molecule has 0 saturated carbocycles. The smallest absolute Gasteiger partial charge is 0.268 e. The lowest BCUT2D eigenvalue weighted by Gasteiger charge is -2.37. The molecule has 1 fully saturated rings. The Labute approximate surface area is 357 Å². The van der Waals surface area contributed by atoms with Crippen LogP contribution in [0.4, 0.5) is 17.1 Å². The maximum atomic E-state index is 15.6. The van der Waals surface area contributed by atoms with E-state index in [4.69, 9.17) is 14.6 Å². The molecule has 61 heavy (non-hydrogen) atoms. The Morgan fingerprint density at radius 2 is 1.56 bits per heavy atom. The second-order valence-electron chi connectivity index (χ2n) is 16.8. The molecule has 1 unspecified atom stereocenters. The topological polar surface area (TPSA) is 122 Å². The number of hydrogen-bond acceptors (Lipinski definition) is 8. The van der Waals surface area contributed by atoms with Gasteiger partial charge in [-0.3, -0.25) is 19.2 Å². The second-order valence-corrected chi connectivity index (χ2v) is 21.5. The van der Waals surface area contributed by atoms with Gasteiger partial charge in [0.15, 0.2) is 5.60 Å². The molecule has 5 aromatic carbocycles. The summed E-state index contributed by atoms with van der Waals surface area (Å²) in [5, 5.41) is 27.0. The van der Waals surface area contributed by atoms with Gasteiger partial charge in [0.1, 0.15) is 5.75 Å². The number of aliphatic hydroxyl groups is 1. The number of carbonyl (C=O) groups is 2. The van der Waals surface area contributed by atoms with Crippen LogP contribution in [0.1, 0.15) is 54.5 Å². The predicted molar refractivity (Wildman–Crippen MR) is 239 cm³/mol. The second kappa shape index (κ2) is 16.3. The first-order valence-electron chi connectivity index (χ1n) is 21.0. The van der Waals surface area contributed by atoms with E-state index < -0.39 is 13.7 Å². The number of benzene rings is 5. The van der Waals surface area contributed by atoms with E-state index >= 15 is 4.79 Å². The van der Waals surface area contributed by atoms with Crippen LogP contribution in [0, 0.1) is 5.92 Å². The van der Waals surface area contributed by atoms with Crippen molar-refractivity contribution in [1.29, 1.82) is 0 Å². The average Bonchev–Trinajstić information content (AvgIpc) is 3.96. The van der Waals surface area contributed by atoms with Gasteiger partial charge in [-0.05, 0) is 65.6 Å². The summed E-state index contributed by atoms with van der Waals surface area (Å²) in [4.78, 5) is 31.1. The molecule has 4 heterocycles. The summed E-state index contributed by atoms with van der Waals surface area (Å²) < 4.78 is 14.9. The number of anilines is 3. The zero-order valence-corrected chi connectivity index (χ0v) is 35.9. The summed E-state index contributed by atoms with van der Waals surface area (Å²) in [5.41, 5.74) is 4.84. The fourth-order valence-corrected chi connectivity index (χ4v) is 14.0. The van der Waals surface area contributed by atoms with Gasteiger partial charge in [0.05, 0.1) is 56.6 Å². The fourth-order valence-electron chi connectivity index (χ4n) is 9.95. The quantitative estimate of drug-likeness (QED) is 0.124. The van der Waals surface area contributed by atoms with E-state index in [2.05, 4.69) is 42.5 Å². The van der Waals surface area contributed by atoms with E-state index in [9.17, 15) is 9.90 Å². The number of rotatable bonds is 12. The molecule has 1 saturated heterocycles. The molecule has 0 aliphatic carbocycles. The Kier molecular flexibility index (Phi) is 10.8. The Bertz CT molecular complexity index is 2570. The lowest BCUT2D eigenvalue weighted by atomic mass is 9.82. The van der Waals surface area contributed by atoms with E-state index in [0.717, 1.165) is 39.5 Å². The first kappa shape index (κ1) is 40.2. The first-order valence-corrected chi connectivity index (χ1v) is 24.1. The normalized spacial score (nSPS) is 21.8. The van der Waals surface area contributed by atoms with Gasteiger partial charge < -0.3 is 14.6 Å². The van der Waals surface area contributed by atoms with Crippen molar-refractivity contribution in [2.24, 2.45) is 11.0 Å². The summed E-state index contributed by atoms with van der Waals surface area (Å²) in [6, 6.07) is 43.6. The van der Waals surface area contributed by atoms with Crippen molar-refractivity contribution in [3.63, 3.8) is 0 Å². The molecule has 2 amide bonds. The summed E-state index contributed by atoms with van der Waals surface area (Å²) >= 11 is 0.